The lowest BCUT2D eigenvalue weighted by Gasteiger charge is -2.08. The molecule has 0 fully saturated rings. The Hall–Kier alpha value is -1.42. The van der Waals surface area contributed by atoms with E-state index in [2.05, 4.69) is 4.74 Å². The van der Waals surface area contributed by atoms with Gasteiger partial charge in [0.2, 0.25) is 0 Å². The number of aliphatic hydroxyl groups excluding tert-OH is 1. The van der Waals surface area contributed by atoms with Gasteiger partial charge in [0.05, 0.1) is 7.11 Å². The van der Waals surface area contributed by atoms with Crippen molar-refractivity contribution in [3.05, 3.63) is 35.6 Å². The fourth-order valence-corrected chi connectivity index (χ4v) is 0.935. The molecule has 0 saturated heterocycles. The van der Waals surface area contributed by atoms with Crippen molar-refractivity contribution in [2.45, 2.75) is 6.10 Å². The van der Waals surface area contributed by atoms with Gasteiger partial charge in [0.15, 0.2) is 6.10 Å². The summed E-state index contributed by atoms with van der Waals surface area (Å²) in [5, 5.41) is 9.26. The zero-order valence-corrected chi connectivity index (χ0v) is 7.03. The Labute approximate surface area is 74.8 Å². The van der Waals surface area contributed by atoms with Crippen LogP contribution < -0.4 is 0 Å². The molecular weight excluding hydrogens is 175 g/mol. The fraction of sp³-hybridized carbons (Fsp3) is 0.222. The van der Waals surface area contributed by atoms with Gasteiger partial charge in [-0.1, -0.05) is 18.2 Å². The minimum absolute atomic E-state index is 0.0747. The monoisotopic (exact) mass is 184 g/mol. The van der Waals surface area contributed by atoms with Crippen molar-refractivity contribution < 1.29 is 19.0 Å². The van der Waals surface area contributed by atoms with Crippen LogP contribution in [-0.4, -0.2) is 18.2 Å². The number of carbonyl (C=O) groups excluding carboxylic acids is 1. The quantitative estimate of drug-likeness (QED) is 0.698. The van der Waals surface area contributed by atoms with Crippen molar-refractivity contribution >= 4 is 5.97 Å². The molecule has 1 rings (SSSR count). The van der Waals surface area contributed by atoms with Crippen LogP contribution in [0.4, 0.5) is 4.39 Å². The van der Waals surface area contributed by atoms with Crippen LogP contribution in [0.3, 0.4) is 0 Å². The molecule has 0 aliphatic carbocycles. The summed E-state index contributed by atoms with van der Waals surface area (Å²) in [5.74, 6) is -1.49. The van der Waals surface area contributed by atoms with E-state index in [0.717, 1.165) is 7.11 Å². The van der Waals surface area contributed by atoms with Crippen molar-refractivity contribution in [1.29, 1.82) is 0 Å². The second-order valence-corrected chi connectivity index (χ2v) is 2.45. The molecule has 1 aromatic rings. The number of carbonyl (C=O) groups is 1. The molecule has 70 valence electrons. The maximum Gasteiger partial charge on any atom is 0.339 e. The van der Waals surface area contributed by atoms with Crippen LogP contribution in [-0.2, 0) is 9.53 Å². The molecule has 0 amide bonds. The Morgan fingerprint density at radius 3 is 2.69 bits per heavy atom. The van der Waals surface area contributed by atoms with Crippen LogP contribution in [0.15, 0.2) is 24.3 Å². The molecule has 4 heteroatoms. The molecule has 0 spiro atoms. The predicted molar refractivity (Wildman–Crippen MR) is 43.4 cm³/mol. The average Bonchev–Trinajstić information content (AvgIpc) is 2.16. The Morgan fingerprint density at radius 2 is 2.15 bits per heavy atom. The molecule has 1 atom stereocenters. The highest BCUT2D eigenvalue weighted by atomic mass is 19.1. The summed E-state index contributed by atoms with van der Waals surface area (Å²) >= 11 is 0. The van der Waals surface area contributed by atoms with E-state index in [1.165, 1.54) is 24.3 Å². The molecule has 0 aromatic heterocycles. The summed E-state index contributed by atoms with van der Waals surface area (Å²) in [7, 11) is 1.13. The SMILES string of the molecule is COC(=O)[C@@H](O)c1ccccc1F. The molecule has 0 bridgehead atoms. The fourth-order valence-electron chi connectivity index (χ4n) is 0.935. The molecule has 13 heavy (non-hydrogen) atoms. The largest absolute Gasteiger partial charge is 0.467 e. The molecule has 3 nitrogen and oxygen atoms in total. The Kier molecular flexibility index (Phi) is 2.97. The van der Waals surface area contributed by atoms with Gasteiger partial charge in [-0.3, -0.25) is 0 Å². The number of hydrogen-bond donors (Lipinski definition) is 1. The summed E-state index contributed by atoms with van der Waals surface area (Å²) in [6.07, 6.45) is -1.55. The first-order valence-electron chi connectivity index (χ1n) is 3.67. The lowest BCUT2D eigenvalue weighted by atomic mass is 10.1. The zero-order chi connectivity index (χ0) is 9.84. The topological polar surface area (TPSA) is 46.5 Å². The summed E-state index contributed by atoms with van der Waals surface area (Å²) in [4.78, 5) is 10.8. The van der Waals surface area contributed by atoms with Crippen molar-refractivity contribution in [3.63, 3.8) is 0 Å². The van der Waals surface area contributed by atoms with E-state index in [9.17, 15) is 14.3 Å². The average molecular weight is 184 g/mol. The van der Waals surface area contributed by atoms with Gasteiger partial charge in [0.1, 0.15) is 5.82 Å². The second-order valence-electron chi connectivity index (χ2n) is 2.45. The van der Waals surface area contributed by atoms with Crippen molar-refractivity contribution in [2.24, 2.45) is 0 Å². The van der Waals surface area contributed by atoms with Gasteiger partial charge < -0.3 is 9.84 Å². The Balaban J connectivity index is 2.95. The van der Waals surface area contributed by atoms with Crippen LogP contribution >= 0.6 is 0 Å². The number of aliphatic hydroxyl groups is 1. The minimum atomic E-state index is -1.55. The van der Waals surface area contributed by atoms with Gasteiger partial charge in [-0.05, 0) is 6.07 Å². The van der Waals surface area contributed by atoms with Gasteiger partial charge in [-0.15, -0.1) is 0 Å². The van der Waals surface area contributed by atoms with E-state index < -0.39 is 17.9 Å². The van der Waals surface area contributed by atoms with Crippen molar-refractivity contribution in [3.8, 4) is 0 Å². The number of benzene rings is 1. The maximum absolute atomic E-state index is 13.0. The minimum Gasteiger partial charge on any atom is -0.467 e. The van der Waals surface area contributed by atoms with Gasteiger partial charge in [-0.25, -0.2) is 9.18 Å². The first kappa shape index (κ1) is 9.67. The standard InChI is InChI=1S/C9H9FO3/c1-13-9(12)8(11)6-4-2-3-5-7(6)10/h2-5,8,11H,1H3/t8-/m0/s1. The highest BCUT2D eigenvalue weighted by Crippen LogP contribution is 2.17. The van der Waals surface area contributed by atoms with E-state index in [-0.39, 0.29) is 5.56 Å². The van der Waals surface area contributed by atoms with E-state index in [1.54, 1.807) is 0 Å². The van der Waals surface area contributed by atoms with Crippen molar-refractivity contribution in [1.82, 2.24) is 0 Å². The normalized spacial score (nSPS) is 12.2. The number of halogens is 1. The van der Waals surface area contributed by atoms with Gasteiger partial charge in [0.25, 0.3) is 0 Å². The first-order valence-corrected chi connectivity index (χ1v) is 3.67. The summed E-state index contributed by atoms with van der Waals surface area (Å²) in [5.41, 5.74) is -0.0747. The molecule has 1 N–H and O–H groups in total. The number of rotatable bonds is 2. The van der Waals surface area contributed by atoms with Gasteiger partial charge in [0, 0.05) is 5.56 Å². The summed E-state index contributed by atoms with van der Waals surface area (Å²) in [6.45, 7) is 0. The third-order valence-corrected chi connectivity index (χ3v) is 1.62. The van der Waals surface area contributed by atoms with E-state index in [0.29, 0.717) is 0 Å². The lowest BCUT2D eigenvalue weighted by Crippen LogP contribution is -2.14. The van der Waals surface area contributed by atoms with Crippen LogP contribution in [0.5, 0.6) is 0 Å². The van der Waals surface area contributed by atoms with Gasteiger partial charge in [-0.2, -0.15) is 0 Å². The Morgan fingerprint density at radius 1 is 1.54 bits per heavy atom. The van der Waals surface area contributed by atoms with Crippen molar-refractivity contribution in [2.75, 3.05) is 7.11 Å². The third kappa shape index (κ3) is 2.03. The molecular formula is C9H9FO3. The van der Waals surface area contributed by atoms with Crippen LogP contribution in [0.1, 0.15) is 11.7 Å². The third-order valence-electron chi connectivity index (χ3n) is 1.62. The van der Waals surface area contributed by atoms with E-state index >= 15 is 0 Å². The van der Waals surface area contributed by atoms with E-state index in [1.807, 2.05) is 0 Å². The van der Waals surface area contributed by atoms with Gasteiger partial charge >= 0.3 is 5.97 Å². The second kappa shape index (κ2) is 4.00. The van der Waals surface area contributed by atoms with Crippen LogP contribution in [0.2, 0.25) is 0 Å². The molecule has 0 saturated carbocycles. The highest BCUT2D eigenvalue weighted by Gasteiger charge is 2.20. The number of hydrogen-bond acceptors (Lipinski definition) is 3. The predicted octanol–water partition coefficient (Wildman–Crippen LogP) is 1.03. The molecule has 0 heterocycles. The first-order chi connectivity index (χ1) is 6.16. The highest BCUT2D eigenvalue weighted by molar-refractivity contribution is 5.76. The molecule has 1 aromatic carbocycles. The molecule has 0 aliphatic heterocycles. The molecule has 0 unspecified atom stereocenters. The van der Waals surface area contributed by atoms with E-state index in [4.69, 9.17) is 0 Å². The Bertz CT molecular complexity index is 311. The number of ether oxygens (including phenoxy) is 1. The zero-order valence-electron chi connectivity index (χ0n) is 7.03. The van der Waals surface area contributed by atoms with Crippen LogP contribution in [0, 0.1) is 5.82 Å². The summed E-state index contributed by atoms with van der Waals surface area (Å²) in [6, 6.07) is 5.51. The smallest absolute Gasteiger partial charge is 0.339 e. The molecule has 0 aliphatic rings. The number of esters is 1. The van der Waals surface area contributed by atoms with Crippen LogP contribution in [0.25, 0.3) is 0 Å². The molecule has 0 radical (unpaired) electrons. The lowest BCUT2D eigenvalue weighted by molar-refractivity contribution is -0.150. The number of methoxy groups -OCH3 is 1. The summed E-state index contributed by atoms with van der Waals surface area (Å²) < 4.78 is 17.2. The maximum atomic E-state index is 13.0.